The number of hydrogen-bond acceptors (Lipinski definition) is 6. The molecule has 1 aromatic heterocycles. The Morgan fingerprint density at radius 1 is 1.23 bits per heavy atom. The fourth-order valence-corrected chi connectivity index (χ4v) is 3.13. The minimum atomic E-state index is -0.171. The van der Waals surface area contributed by atoms with E-state index in [9.17, 15) is 4.79 Å². The molecule has 22 heavy (non-hydrogen) atoms. The van der Waals surface area contributed by atoms with Gasteiger partial charge in [0.15, 0.2) is 0 Å². The smallest absolute Gasteiger partial charge is 0.320 e. The number of rotatable bonds is 7. The fourth-order valence-electron chi connectivity index (χ4n) is 3.13. The molecule has 1 heterocycles. The number of aromatic nitrogens is 2. The summed E-state index contributed by atoms with van der Waals surface area (Å²) in [5.41, 5.74) is 0. The summed E-state index contributed by atoms with van der Waals surface area (Å²) < 4.78 is 10.9. The van der Waals surface area contributed by atoms with Gasteiger partial charge in [-0.25, -0.2) is 0 Å². The maximum Gasteiger partial charge on any atom is 0.320 e. The Bertz CT molecular complexity index is 493. The van der Waals surface area contributed by atoms with Gasteiger partial charge in [-0.2, -0.15) is 0 Å². The van der Waals surface area contributed by atoms with Crippen LogP contribution in [0.5, 0.6) is 0 Å². The van der Waals surface area contributed by atoms with Gasteiger partial charge < -0.3 is 9.15 Å². The van der Waals surface area contributed by atoms with Crippen molar-refractivity contribution in [2.75, 3.05) is 13.2 Å². The molecule has 122 valence electrons. The second kappa shape index (κ2) is 7.22. The van der Waals surface area contributed by atoms with Gasteiger partial charge >= 0.3 is 5.97 Å². The summed E-state index contributed by atoms with van der Waals surface area (Å²) in [6.07, 6.45) is 8.29. The third-order valence-electron chi connectivity index (χ3n) is 4.48. The van der Waals surface area contributed by atoms with Crippen molar-refractivity contribution in [1.29, 1.82) is 0 Å². The largest absolute Gasteiger partial charge is 0.465 e. The van der Waals surface area contributed by atoms with Crippen LogP contribution in [0.15, 0.2) is 4.42 Å². The minimum absolute atomic E-state index is 0.171. The zero-order valence-electron chi connectivity index (χ0n) is 13.3. The second-order valence-corrected chi connectivity index (χ2v) is 6.31. The Kier molecular flexibility index (Phi) is 5.08. The summed E-state index contributed by atoms with van der Waals surface area (Å²) >= 11 is 0. The first kappa shape index (κ1) is 15.5. The maximum absolute atomic E-state index is 11.9. The number of hydrogen-bond donors (Lipinski definition) is 0. The molecule has 0 aromatic carbocycles. The second-order valence-electron chi connectivity index (χ2n) is 6.31. The zero-order chi connectivity index (χ0) is 15.4. The van der Waals surface area contributed by atoms with Crippen LogP contribution in [0.3, 0.4) is 0 Å². The predicted octanol–water partition coefficient (Wildman–Crippen LogP) is 2.64. The average molecular weight is 307 g/mol. The van der Waals surface area contributed by atoms with E-state index in [1.807, 2.05) is 6.92 Å². The van der Waals surface area contributed by atoms with Gasteiger partial charge in [-0.15, -0.1) is 10.2 Å². The van der Waals surface area contributed by atoms with E-state index in [0.29, 0.717) is 37.5 Å². The standard InChI is InChI=1S/C16H25N3O3/c1-2-21-15(20)11-19(13-6-4-3-5-7-13)10-14-17-18-16(22-14)12-8-9-12/h12-13H,2-11H2,1H3. The van der Waals surface area contributed by atoms with Crippen molar-refractivity contribution < 1.29 is 13.9 Å². The summed E-state index contributed by atoms with van der Waals surface area (Å²) in [6.45, 7) is 3.11. The lowest BCUT2D eigenvalue weighted by atomic mass is 9.94. The van der Waals surface area contributed by atoms with Crippen LogP contribution in [-0.2, 0) is 16.1 Å². The Morgan fingerprint density at radius 3 is 2.68 bits per heavy atom. The quantitative estimate of drug-likeness (QED) is 0.721. The summed E-state index contributed by atoms with van der Waals surface area (Å²) in [7, 11) is 0. The van der Waals surface area contributed by atoms with E-state index in [1.165, 1.54) is 19.3 Å². The third-order valence-corrected chi connectivity index (χ3v) is 4.48. The summed E-state index contributed by atoms with van der Waals surface area (Å²) in [4.78, 5) is 14.0. The van der Waals surface area contributed by atoms with Crippen LogP contribution in [0.1, 0.15) is 69.6 Å². The molecule has 2 saturated carbocycles. The molecule has 2 fully saturated rings. The van der Waals surface area contributed by atoms with E-state index in [2.05, 4.69) is 15.1 Å². The highest BCUT2D eigenvalue weighted by Crippen LogP contribution is 2.39. The highest BCUT2D eigenvalue weighted by atomic mass is 16.5. The molecule has 0 spiro atoms. The average Bonchev–Trinajstić information content (AvgIpc) is 3.28. The molecule has 0 unspecified atom stereocenters. The summed E-state index contributed by atoms with van der Waals surface area (Å²) in [6, 6.07) is 0.412. The van der Waals surface area contributed by atoms with Crippen molar-refractivity contribution in [2.45, 2.75) is 70.4 Å². The van der Waals surface area contributed by atoms with Crippen molar-refractivity contribution in [3.05, 3.63) is 11.8 Å². The van der Waals surface area contributed by atoms with Crippen molar-refractivity contribution in [3.8, 4) is 0 Å². The Morgan fingerprint density at radius 2 is 2.00 bits per heavy atom. The lowest BCUT2D eigenvalue weighted by molar-refractivity contribution is -0.145. The van der Waals surface area contributed by atoms with Gasteiger partial charge in [0, 0.05) is 12.0 Å². The van der Waals surface area contributed by atoms with Gasteiger partial charge in [-0.05, 0) is 32.6 Å². The van der Waals surface area contributed by atoms with Crippen molar-refractivity contribution in [1.82, 2.24) is 15.1 Å². The van der Waals surface area contributed by atoms with Gasteiger partial charge in [-0.1, -0.05) is 19.3 Å². The molecule has 0 radical (unpaired) electrons. The van der Waals surface area contributed by atoms with Crippen molar-refractivity contribution >= 4 is 5.97 Å². The molecular formula is C16H25N3O3. The molecule has 0 amide bonds. The van der Waals surface area contributed by atoms with Crippen molar-refractivity contribution in [2.24, 2.45) is 0 Å². The Hall–Kier alpha value is -1.43. The Labute approximate surface area is 131 Å². The molecule has 0 atom stereocenters. The lowest BCUT2D eigenvalue weighted by Gasteiger charge is -2.32. The molecule has 2 aliphatic rings. The molecule has 3 rings (SSSR count). The molecule has 0 aliphatic heterocycles. The molecule has 6 nitrogen and oxygen atoms in total. The topological polar surface area (TPSA) is 68.5 Å². The molecule has 2 aliphatic carbocycles. The van der Waals surface area contributed by atoms with Gasteiger partial charge in [0.1, 0.15) is 0 Å². The molecule has 0 N–H and O–H groups in total. The number of carbonyl (C=O) groups excluding carboxylic acids is 1. The summed E-state index contributed by atoms with van der Waals surface area (Å²) in [5.74, 6) is 1.68. The van der Waals surface area contributed by atoms with E-state index in [0.717, 1.165) is 31.6 Å². The van der Waals surface area contributed by atoms with Crippen LogP contribution in [0.2, 0.25) is 0 Å². The molecule has 0 saturated heterocycles. The monoisotopic (exact) mass is 307 g/mol. The molecule has 6 heteroatoms. The number of nitrogens with zero attached hydrogens (tertiary/aromatic N) is 3. The van der Waals surface area contributed by atoms with Crippen LogP contribution < -0.4 is 0 Å². The van der Waals surface area contributed by atoms with E-state index in [4.69, 9.17) is 9.15 Å². The van der Waals surface area contributed by atoms with Crippen LogP contribution >= 0.6 is 0 Å². The predicted molar refractivity (Wildman–Crippen MR) is 80.2 cm³/mol. The minimum Gasteiger partial charge on any atom is -0.465 e. The normalized spacial score (nSPS) is 19.5. The SMILES string of the molecule is CCOC(=O)CN(Cc1nnc(C2CC2)o1)C1CCCCC1. The van der Waals surface area contributed by atoms with E-state index in [-0.39, 0.29) is 5.97 Å². The highest BCUT2D eigenvalue weighted by Gasteiger charge is 2.30. The van der Waals surface area contributed by atoms with Crippen LogP contribution in [0.4, 0.5) is 0 Å². The van der Waals surface area contributed by atoms with Gasteiger partial charge in [0.25, 0.3) is 0 Å². The van der Waals surface area contributed by atoms with Crippen molar-refractivity contribution in [3.63, 3.8) is 0 Å². The Balaban J connectivity index is 1.64. The number of carbonyl (C=O) groups is 1. The van der Waals surface area contributed by atoms with Gasteiger partial charge in [0.2, 0.25) is 11.8 Å². The highest BCUT2D eigenvalue weighted by molar-refractivity contribution is 5.71. The van der Waals surface area contributed by atoms with Crippen LogP contribution in [-0.4, -0.2) is 40.3 Å². The van der Waals surface area contributed by atoms with Crippen LogP contribution in [0.25, 0.3) is 0 Å². The molecular weight excluding hydrogens is 282 g/mol. The zero-order valence-corrected chi connectivity index (χ0v) is 13.3. The lowest BCUT2D eigenvalue weighted by Crippen LogP contribution is -2.40. The summed E-state index contributed by atoms with van der Waals surface area (Å²) in [5, 5.41) is 8.29. The molecule has 0 bridgehead atoms. The van der Waals surface area contributed by atoms with Crippen LogP contribution in [0, 0.1) is 0 Å². The molecule has 1 aromatic rings. The van der Waals surface area contributed by atoms with Gasteiger partial charge in [-0.3, -0.25) is 9.69 Å². The first-order valence-electron chi connectivity index (χ1n) is 8.48. The third kappa shape index (κ3) is 4.06. The van der Waals surface area contributed by atoms with E-state index < -0.39 is 0 Å². The van der Waals surface area contributed by atoms with E-state index >= 15 is 0 Å². The fraction of sp³-hybridized carbons (Fsp3) is 0.812. The van der Waals surface area contributed by atoms with Gasteiger partial charge in [0.05, 0.1) is 19.7 Å². The van der Waals surface area contributed by atoms with E-state index in [1.54, 1.807) is 0 Å². The first-order chi connectivity index (χ1) is 10.8. The number of ether oxygens (including phenoxy) is 1. The first-order valence-corrected chi connectivity index (χ1v) is 8.48. The number of esters is 1. The maximum atomic E-state index is 11.9.